The third kappa shape index (κ3) is 3.00. The number of ether oxygens (including phenoxy) is 1. The van der Waals surface area contributed by atoms with Gasteiger partial charge in [0.25, 0.3) is 5.91 Å². The highest BCUT2D eigenvalue weighted by atomic mass is 32.2. The first-order valence-electron chi connectivity index (χ1n) is 8.73. The van der Waals surface area contributed by atoms with Crippen molar-refractivity contribution in [2.75, 3.05) is 11.9 Å². The van der Waals surface area contributed by atoms with Crippen molar-refractivity contribution in [1.29, 1.82) is 0 Å². The maximum Gasteiger partial charge on any atom is 0.262 e. The lowest BCUT2D eigenvalue weighted by atomic mass is 9.96. The largest absolute Gasteiger partial charge is 0.482 e. The minimum Gasteiger partial charge on any atom is -0.482 e. The Morgan fingerprint density at radius 2 is 1.96 bits per heavy atom. The Morgan fingerprint density at radius 3 is 2.85 bits per heavy atom. The van der Waals surface area contributed by atoms with E-state index in [0.29, 0.717) is 11.4 Å². The lowest BCUT2D eigenvalue weighted by Gasteiger charge is -2.27. The number of carbonyl (C=O) groups excluding carboxylic acids is 1. The Bertz CT molecular complexity index is 1060. The summed E-state index contributed by atoms with van der Waals surface area (Å²) in [5, 5.41) is 2.98. The van der Waals surface area contributed by atoms with Crippen LogP contribution in [0.15, 0.2) is 71.8 Å². The number of anilines is 1. The summed E-state index contributed by atoms with van der Waals surface area (Å²) in [5.74, 6) is 0.579. The fraction of sp³-hybridized carbons (Fsp3) is 0.0909. The zero-order valence-electron chi connectivity index (χ0n) is 14.4. The second kappa shape index (κ2) is 6.59. The lowest BCUT2D eigenvalue weighted by Crippen LogP contribution is -2.25. The van der Waals surface area contributed by atoms with Gasteiger partial charge in [-0.2, -0.15) is 0 Å². The fourth-order valence-electron chi connectivity index (χ4n) is 3.39. The van der Waals surface area contributed by atoms with Crippen LogP contribution in [0.5, 0.6) is 5.75 Å². The van der Waals surface area contributed by atoms with Gasteiger partial charge in [-0.1, -0.05) is 30.3 Å². The predicted octanol–water partition coefficient (Wildman–Crippen LogP) is 4.80. The molecule has 5 rings (SSSR count). The number of hydrogen-bond donors (Lipinski definition) is 1. The molecule has 0 saturated heterocycles. The smallest absolute Gasteiger partial charge is 0.262 e. The first-order valence-corrected chi connectivity index (χ1v) is 9.61. The van der Waals surface area contributed by atoms with Crippen molar-refractivity contribution in [2.24, 2.45) is 0 Å². The van der Waals surface area contributed by atoms with Gasteiger partial charge in [-0.05, 0) is 53.1 Å². The molecule has 1 aromatic heterocycles. The van der Waals surface area contributed by atoms with Gasteiger partial charge in [-0.25, -0.2) is 0 Å². The summed E-state index contributed by atoms with van der Waals surface area (Å²) in [7, 11) is 0. The summed E-state index contributed by atoms with van der Waals surface area (Å²) in [5.41, 5.74) is 5.15. The Hall–Kier alpha value is -3.05. The van der Waals surface area contributed by atoms with Crippen molar-refractivity contribution in [3.63, 3.8) is 0 Å². The number of benzene rings is 2. The van der Waals surface area contributed by atoms with Crippen LogP contribution >= 0.6 is 11.8 Å². The van der Waals surface area contributed by atoms with Crippen molar-refractivity contribution in [2.45, 2.75) is 10.1 Å². The fourth-order valence-corrected chi connectivity index (χ4v) is 4.65. The van der Waals surface area contributed by atoms with E-state index in [1.54, 1.807) is 11.8 Å². The Kier molecular flexibility index (Phi) is 3.94. The van der Waals surface area contributed by atoms with Gasteiger partial charge in [0.15, 0.2) is 6.61 Å². The highest BCUT2D eigenvalue weighted by molar-refractivity contribution is 8.00. The van der Waals surface area contributed by atoms with Gasteiger partial charge < -0.3 is 10.1 Å². The van der Waals surface area contributed by atoms with Gasteiger partial charge in [-0.15, -0.1) is 11.8 Å². The molecule has 3 heterocycles. The third-order valence-electron chi connectivity index (χ3n) is 4.66. The average molecular weight is 372 g/mol. The molecule has 0 saturated carbocycles. The third-order valence-corrected chi connectivity index (χ3v) is 6.02. The van der Waals surface area contributed by atoms with Crippen LogP contribution in [0.25, 0.3) is 11.6 Å². The number of aromatic nitrogens is 1. The highest BCUT2D eigenvalue weighted by Crippen LogP contribution is 2.50. The minimum atomic E-state index is -0.127. The number of thioether (sulfide) groups is 1. The van der Waals surface area contributed by atoms with Gasteiger partial charge >= 0.3 is 0 Å². The number of amides is 1. The van der Waals surface area contributed by atoms with Gasteiger partial charge in [0.2, 0.25) is 0 Å². The van der Waals surface area contributed by atoms with E-state index in [-0.39, 0.29) is 17.8 Å². The summed E-state index contributed by atoms with van der Waals surface area (Å²) in [6.07, 6.45) is 4.05. The van der Waals surface area contributed by atoms with Crippen molar-refractivity contribution >= 4 is 35.0 Å². The zero-order valence-corrected chi connectivity index (χ0v) is 15.2. The van der Waals surface area contributed by atoms with E-state index in [9.17, 15) is 4.79 Å². The summed E-state index contributed by atoms with van der Waals surface area (Å²) in [6.45, 7) is 0.0643. The molecule has 0 radical (unpaired) electrons. The lowest BCUT2D eigenvalue weighted by molar-refractivity contribution is -0.118. The van der Waals surface area contributed by atoms with E-state index in [0.717, 1.165) is 11.3 Å². The molecule has 0 aliphatic carbocycles. The van der Waals surface area contributed by atoms with E-state index in [1.807, 2.05) is 36.5 Å². The second-order valence-electron chi connectivity index (χ2n) is 6.44. The molecular formula is C22H16N2O2S. The molecule has 2 aromatic carbocycles. The van der Waals surface area contributed by atoms with Crippen LogP contribution in [0, 0.1) is 0 Å². The molecule has 0 spiro atoms. The molecule has 0 fully saturated rings. The average Bonchev–Trinajstić information content (AvgIpc) is 2.73. The number of nitrogens with zero attached hydrogens (tertiary/aromatic N) is 1. The number of pyridine rings is 1. The summed E-state index contributed by atoms with van der Waals surface area (Å²) < 4.78 is 5.50. The number of nitrogens with one attached hydrogen (secondary N) is 1. The number of carbonyl (C=O) groups is 1. The molecule has 1 unspecified atom stereocenters. The molecular weight excluding hydrogens is 356 g/mol. The van der Waals surface area contributed by atoms with E-state index in [4.69, 9.17) is 4.74 Å². The van der Waals surface area contributed by atoms with Crippen LogP contribution in [0.1, 0.15) is 22.1 Å². The first-order chi connectivity index (χ1) is 13.3. The minimum absolute atomic E-state index is 0.0643. The monoisotopic (exact) mass is 372 g/mol. The Balaban J connectivity index is 1.64. The highest BCUT2D eigenvalue weighted by Gasteiger charge is 2.27. The Labute approximate surface area is 161 Å². The topological polar surface area (TPSA) is 51.2 Å². The molecule has 2 aliphatic rings. The zero-order chi connectivity index (χ0) is 18.2. The van der Waals surface area contributed by atoms with Crippen LogP contribution in [-0.2, 0) is 4.79 Å². The molecule has 4 nitrogen and oxygen atoms in total. The quantitative estimate of drug-likeness (QED) is 0.702. The predicted molar refractivity (Wildman–Crippen MR) is 108 cm³/mol. The molecule has 132 valence electrons. The van der Waals surface area contributed by atoms with Crippen molar-refractivity contribution < 1.29 is 9.53 Å². The maximum atomic E-state index is 11.7. The van der Waals surface area contributed by atoms with Gasteiger partial charge in [-0.3, -0.25) is 9.78 Å². The van der Waals surface area contributed by atoms with E-state index in [1.165, 1.54) is 16.0 Å². The number of rotatable bonds is 2. The molecule has 27 heavy (non-hydrogen) atoms. The number of fused-ring (bicyclic) bond motifs is 2. The second-order valence-corrected chi connectivity index (χ2v) is 7.58. The SMILES string of the molecule is O=C1COc2ccc(C3=Cc4ccccc4SC3c3ccccn3)cc2N1. The summed E-state index contributed by atoms with van der Waals surface area (Å²) in [4.78, 5) is 17.5. The first kappa shape index (κ1) is 16.1. The summed E-state index contributed by atoms with van der Waals surface area (Å²) in [6, 6.07) is 20.3. The molecule has 2 aliphatic heterocycles. The van der Waals surface area contributed by atoms with Gasteiger partial charge in [0, 0.05) is 11.1 Å². The molecule has 5 heteroatoms. The molecule has 0 bridgehead atoms. The molecule has 1 amide bonds. The number of hydrogen-bond acceptors (Lipinski definition) is 4. The Morgan fingerprint density at radius 1 is 1.07 bits per heavy atom. The van der Waals surface area contributed by atoms with Gasteiger partial charge in [0.1, 0.15) is 5.75 Å². The molecule has 1 atom stereocenters. The van der Waals surface area contributed by atoms with Crippen LogP contribution < -0.4 is 10.1 Å². The van der Waals surface area contributed by atoms with Crippen molar-refractivity contribution in [3.8, 4) is 5.75 Å². The maximum absolute atomic E-state index is 11.7. The van der Waals surface area contributed by atoms with Crippen LogP contribution in [0.4, 0.5) is 5.69 Å². The summed E-state index contributed by atoms with van der Waals surface area (Å²) >= 11 is 1.80. The van der Waals surface area contributed by atoms with E-state index < -0.39 is 0 Å². The molecule has 3 aromatic rings. The van der Waals surface area contributed by atoms with E-state index >= 15 is 0 Å². The van der Waals surface area contributed by atoms with Crippen LogP contribution in [0.3, 0.4) is 0 Å². The van der Waals surface area contributed by atoms with Gasteiger partial charge in [0.05, 0.1) is 16.6 Å². The molecule has 1 N–H and O–H groups in total. The van der Waals surface area contributed by atoms with Crippen LogP contribution in [0.2, 0.25) is 0 Å². The normalized spacial score (nSPS) is 17.9. The van der Waals surface area contributed by atoms with Crippen LogP contribution in [-0.4, -0.2) is 17.5 Å². The van der Waals surface area contributed by atoms with Crippen molar-refractivity contribution in [1.82, 2.24) is 4.98 Å². The standard InChI is InChI=1S/C22H16N2O2S/c25-21-13-26-19-9-8-14(12-18(19)24-21)16-11-15-5-1-2-7-20(15)27-22(16)17-6-3-4-10-23-17/h1-12,22H,13H2,(H,24,25). The van der Waals surface area contributed by atoms with E-state index in [2.05, 4.69) is 46.7 Å². The van der Waals surface area contributed by atoms with Crippen molar-refractivity contribution in [3.05, 3.63) is 83.7 Å².